The maximum atomic E-state index is 13.3. The van der Waals surface area contributed by atoms with Crippen LogP contribution in [0.2, 0.25) is 5.02 Å². The van der Waals surface area contributed by atoms with Crippen molar-refractivity contribution in [1.29, 1.82) is 0 Å². The van der Waals surface area contributed by atoms with E-state index in [0.717, 1.165) is 11.0 Å². The van der Waals surface area contributed by atoms with Gasteiger partial charge in [0.25, 0.3) is 0 Å². The van der Waals surface area contributed by atoms with Crippen molar-refractivity contribution in [2.45, 2.75) is 58.9 Å². The zero-order valence-corrected chi connectivity index (χ0v) is 21.9. The van der Waals surface area contributed by atoms with Gasteiger partial charge in [-0.15, -0.1) is 0 Å². The van der Waals surface area contributed by atoms with Crippen molar-refractivity contribution in [3.05, 3.63) is 58.1 Å². The van der Waals surface area contributed by atoms with Crippen molar-refractivity contribution in [2.24, 2.45) is 0 Å². The van der Waals surface area contributed by atoms with Gasteiger partial charge in [0.2, 0.25) is 5.88 Å². The predicted molar refractivity (Wildman–Crippen MR) is 136 cm³/mol. The van der Waals surface area contributed by atoms with E-state index in [4.69, 9.17) is 35.5 Å². The van der Waals surface area contributed by atoms with Crippen LogP contribution in [-0.4, -0.2) is 47.6 Å². The molecule has 0 aliphatic carbocycles. The van der Waals surface area contributed by atoms with Gasteiger partial charge in [0.1, 0.15) is 5.75 Å². The van der Waals surface area contributed by atoms with Crippen molar-refractivity contribution in [2.75, 3.05) is 6.61 Å². The third-order valence-electron chi connectivity index (χ3n) is 6.83. The number of carboxylic acid groups (broad SMARTS) is 1. The Hall–Kier alpha value is -2.95. The van der Waals surface area contributed by atoms with E-state index in [-0.39, 0.29) is 28.6 Å². The number of hydrogen-bond donors (Lipinski definition) is 1. The molecule has 0 bridgehead atoms. The monoisotopic (exact) mass is 533 g/mol. The van der Waals surface area contributed by atoms with E-state index >= 15 is 0 Å². The lowest BCUT2D eigenvalue weighted by Crippen LogP contribution is -2.41. The summed E-state index contributed by atoms with van der Waals surface area (Å²) < 4.78 is 49.0. The van der Waals surface area contributed by atoms with Crippen molar-refractivity contribution >= 4 is 41.1 Å². The van der Waals surface area contributed by atoms with Crippen molar-refractivity contribution in [3.63, 3.8) is 0 Å². The standard InChI is InChI=1S/C26H27BClF2NO6/c1-14-17(12-15-6-8-16(9-7-15)27-36-25(2,3)26(4,5)37-27)23(35-24(29)30)31-22-18(28)10-11-19(21(14)22)34-13-20(32)33/h6-11,24H,12-13H2,1-5H3,(H,32,33). The van der Waals surface area contributed by atoms with E-state index in [1.54, 1.807) is 6.92 Å². The fraction of sp³-hybridized carbons (Fsp3) is 0.385. The number of carboxylic acids is 1. The van der Waals surface area contributed by atoms with E-state index in [9.17, 15) is 13.6 Å². The minimum Gasteiger partial charge on any atom is -0.481 e. The third kappa shape index (κ3) is 5.51. The maximum Gasteiger partial charge on any atom is 0.494 e. The van der Waals surface area contributed by atoms with E-state index in [0.29, 0.717) is 16.5 Å². The van der Waals surface area contributed by atoms with Crippen LogP contribution in [0.1, 0.15) is 44.4 Å². The van der Waals surface area contributed by atoms with Gasteiger partial charge in [0, 0.05) is 17.4 Å². The summed E-state index contributed by atoms with van der Waals surface area (Å²) in [5, 5.41) is 9.66. The first kappa shape index (κ1) is 27.1. The molecule has 4 rings (SSSR count). The molecule has 0 atom stereocenters. The van der Waals surface area contributed by atoms with Gasteiger partial charge in [-0.05, 0) is 63.3 Å². The molecule has 1 saturated heterocycles. The molecule has 1 aliphatic heterocycles. The van der Waals surface area contributed by atoms with E-state index < -0.39 is 37.5 Å². The van der Waals surface area contributed by atoms with Crippen LogP contribution in [0.4, 0.5) is 8.78 Å². The number of alkyl halides is 2. The second-order valence-corrected chi connectivity index (χ2v) is 10.3. The summed E-state index contributed by atoms with van der Waals surface area (Å²) in [6.07, 6.45) is 0.214. The number of carbonyl (C=O) groups is 1. The molecule has 3 aromatic rings. The molecule has 11 heteroatoms. The van der Waals surface area contributed by atoms with Gasteiger partial charge < -0.3 is 23.9 Å². The summed E-state index contributed by atoms with van der Waals surface area (Å²) in [5.41, 5.74) is 1.80. The lowest BCUT2D eigenvalue weighted by Gasteiger charge is -2.32. The largest absolute Gasteiger partial charge is 0.494 e. The maximum absolute atomic E-state index is 13.3. The van der Waals surface area contributed by atoms with Crippen LogP contribution in [0.3, 0.4) is 0 Å². The van der Waals surface area contributed by atoms with Crippen molar-refractivity contribution < 1.29 is 37.5 Å². The van der Waals surface area contributed by atoms with Gasteiger partial charge in [-0.3, -0.25) is 0 Å². The number of fused-ring (bicyclic) bond motifs is 1. The Morgan fingerprint density at radius 3 is 2.30 bits per heavy atom. The average molecular weight is 534 g/mol. The van der Waals surface area contributed by atoms with Crippen LogP contribution in [0, 0.1) is 6.92 Å². The molecule has 2 heterocycles. The van der Waals surface area contributed by atoms with Crippen molar-refractivity contribution in [1.82, 2.24) is 4.98 Å². The molecular weight excluding hydrogens is 507 g/mol. The highest BCUT2D eigenvalue weighted by Crippen LogP contribution is 2.39. The number of ether oxygens (including phenoxy) is 2. The van der Waals surface area contributed by atoms with E-state index in [1.807, 2.05) is 52.0 Å². The Kier molecular flexibility index (Phi) is 7.38. The third-order valence-corrected chi connectivity index (χ3v) is 7.13. The normalized spacial score (nSPS) is 16.4. The first-order chi connectivity index (χ1) is 17.3. The Labute approximate surface area is 218 Å². The van der Waals surface area contributed by atoms with Gasteiger partial charge in [-0.25, -0.2) is 9.78 Å². The summed E-state index contributed by atoms with van der Waals surface area (Å²) in [5.74, 6) is -1.19. The highest BCUT2D eigenvalue weighted by Gasteiger charge is 2.51. The van der Waals surface area contributed by atoms with Crippen LogP contribution in [-0.2, 0) is 20.5 Å². The number of halogens is 3. The minimum absolute atomic E-state index is 0.178. The molecule has 0 spiro atoms. The molecule has 0 radical (unpaired) electrons. The number of pyridine rings is 1. The summed E-state index contributed by atoms with van der Waals surface area (Å²) >= 11 is 6.30. The summed E-state index contributed by atoms with van der Waals surface area (Å²) in [7, 11) is -0.531. The van der Waals surface area contributed by atoms with Crippen molar-refractivity contribution in [3.8, 4) is 11.6 Å². The van der Waals surface area contributed by atoms with Gasteiger partial charge in [-0.1, -0.05) is 35.9 Å². The van der Waals surface area contributed by atoms with Gasteiger partial charge in [0.05, 0.1) is 21.7 Å². The highest BCUT2D eigenvalue weighted by atomic mass is 35.5. The number of nitrogens with zero attached hydrogens (tertiary/aromatic N) is 1. The number of aryl methyl sites for hydroxylation is 1. The Balaban J connectivity index is 1.72. The second kappa shape index (κ2) is 10.1. The molecular formula is C26H27BClF2NO6. The molecule has 0 amide bonds. The first-order valence-electron chi connectivity index (χ1n) is 11.6. The molecule has 196 valence electrons. The molecule has 2 aromatic carbocycles. The molecule has 1 aliphatic rings. The molecule has 0 saturated carbocycles. The molecule has 7 nitrogen and oxygen atoms in total. The van der Waals surface area contributed by atoms with E-state index in [2.05, 4.69) is 4.98 Å². The number of aromatic nitrogens is 1. The van der Waals surface area contributed by atoms with Gasteiger partial charge in [0.15, 0.2) is 6.61 Å². The van der Waals surface area contributed by atoms with Gasteiger partial charge in [-0.2, -0.15) is 8.78 Å². The van der Waals surface area contributed by atoms with Crippen LogP contribution in [0.15, 0.2) is 36.4 Å². The van der Waals surface area contributed by atoms with Crippen LogP contribution < -0.4 is 14.9 Å². The lowest BCUT2D eigenvalue weighted by atomic mass is 9.78. The summed E-state index contributed by atoms with van der Waals surface area (Å²) in [6.45, 7) is 5.93. The number of benzene rings is 2. The smallest absolute Gasteiger partial charge is 0.481 e. The fourth-order valence-corrected chi connectivity index (χ4v) is 4.32. The van der Waals surface area contributed by atoms with Crippen LogP contribution in [0.25, 0.3) is 10.9 Å². The molecule has 1 N–H and O–H groups in total. The first-order valence-corrected chi connectivity index (χ1v) is 12.0. The Morgan fingerprint density at radius 1 is 1.11 bits per heavy atom. The summed E-state index contributed by atoms with van der Waals surface area (Å²) in [4.78, 5) is 15.3. The zero-order chi connectivity index (χ0) is 27.1. The molecule has 37 heavy (non-hydrogen) atoms. The van der Waals surface area contributed by atoms with Crippen LogP contribution in [0.5, 0.6) is 11.6 Å². The Morgan fingerprint density at radius 2 is 1.73 bits per heavy atom. The number of aliphatic carboxylic acids is 1. The fourth-order valence-electron chi connectivity index (χ4n) is 4.12. The zero-order valence-electron chi connectivity index (χ0n) is 21.1. The molecule has 0 unspecified atom stereocenters. The van der Waals surface area contributed by atoms with E-state index in [1.165, 1.54) is 12.1 Å². The molecule has 1 aromatic heterocycles. The SMILES string of the molecule is Cc1c(Cc2ccc(B3OC(C)(C)C(C)(C)O3)cc2)c(OC(F)F)nc2c(Cl)ccc(OCC(=O)O)c12. The average Bonchev–Trinajstić information content (AvgIpc) is 3.03. The minimum atomic E-state index is -3.10. The lowest BCUT2D eigenvalue weighted by molar-refractivity contribution is -0.139. The predicted octanol–water partition coefficient (Wildman–Crippen LogP) is 5.15. The van der Waals surface area contributed by atoms with Crippen LogP contribution >= 0.6 is 11.6 Å². The number of rotatable bonds is 8. The van der Waals surface area contributed by atoms with Gasteiger partial charge >= 0.3 is 19.7 Å². The topological polar surface area (TPSA) is 87.1 Å². The highest BCUT2D eigenvalue weighted by molar-refractivity contribution is 6.62. The molecule has 1 fully saturated rings. The second-order valence-electron chi connectivity index (χ2n) is 9.86. The Bertz CT molecular complexity index is 1320. The quantitative estimate of drug-likeness (QED) is 0.401. The number of hydrogen-bond acceptors (Lipinski definition) is 6. The summed E-state index contributed by atoms with van der Waals surface area (Å²) in [6, 6.07) is 10.4.